The standard InChI is InChI=1S/C13H19N3O3S.ClH/c1-15-11-3-2-8-16(9-11)20(18,19)12-6-4-10(5-7-12)13(14)17;/h4-7,11,15H,2-3,8-9H2,1H3,(H2,14,17);1H. The first-order valence-corrected chi connectivity index (χ1v) is 7.96. The summed E-state index contributed by atoms with van der Waals surface area (Å²) >= 11 is 0. The van der Waals surface area contributed by atoms with Crippen LogP contribution >= 0.6 is 12.4 Å². The maximum atomic E-state index is 12.5. The molecular formula is C13H20ClN3O3S. The fourth-order valence-electron chi connectivity index (χ4n) is 2.34. The lowest BCUT2D eigenvalue weighted by atomic mass is 10.1. The van der Waals surface area contributed by atoms with Crippen molar-refractivity contribution in [3.63, 3.8) is 0 Å². The number of likely N-dealkylation sites (N-methyl/N-ethyl adjacent to an activating group) is 1. The van der Waals surface area contributed by atoms with E-state index in [4.69, 9.17) is 5.73 Å². The average Bonchev–Trinajstić information content (AvgIpc) is 2.47. The molecule has 3 N–H and O–H groups in total. The summed E-state index contributed by atoms with van der Waals surface area (Å²) in [4.78, 5) is 11.2. The molecule has 1 aromatic carbocycles. The summed E-state index contributed by atoms with van der Waals surface area (Å²) in [5.74, 6) is -0.567. The molecule has 1 heterocycles. The van der Waals surface area contributed by atoms with Crippen molar-refractivity contribution in [2.24, 2.45) is 5.73 Å². The van der Waals surface area contributed by atoms with Gasteiger partial charge in [0, 0.05) is 24.7 Å². The number of amides is 1. The minimum atomic E-state index is -3.51. The number of nitrogens with zero attached hydrogens (tertiary/aromatic N) is 1. The highest BCUT2D eigenvalue weighted by molar-refractivity contribution is 7.89. The Bertz CT molecular complexity index is 589. The van der Waals surface area contributed by atoms with E-state index in [1.165, 1.54) is 28.6 Å². The summed E-state index contributed by atoms with van der Waals surface area (Å²) in [6, 6.07) is 5.92. The molecule has 1 fully saturated rings. The highest BCUT2D eigenvalue weighted by Gasteiger charge is 2.29. The van der Waals surface area contributed by atoms with Crippen LogP contribution in [0.3, 0.4) is 0 Å². The number of halogens is 1. The Morgan fingerprint density at radius 3 is 2.48 bits per heavy atom. The number of nitrogens with one attached hydrogen (secondary N) is 1. The maximum absolute atomic E-state index is 12.5. The third-order valence-electron chi connectivity index (χ3n) is 3.57. The van der Waals surface area contributed by atoms with E-state index in [0.717, 1.165) is 12.8 Å². The zero-order valence-corrected chi connectivity index (χ0v) is 13.4. The van der Waals surface area contributed by atoms with Crippen molar-refractivity contribution in [2.45, 2.75) is 23.8 Å². The zero-order chi connectivity index (χ0) is 14.8. The zero-order valence-electron chi connectivity index (χ0n) is 11.8. The third kappa shape index (κ3) is 3.94. The second-order valence-electron chi connectivity index (χ2n) is 4.88. The summed E-state index contributed by atoms with van der Waals surface area (Å²) in [6.45, 7) is 0.995. The summed E-state index contributed by atoms with van der Waals surface area (Å²) in [5, 5.41) is 3.11. The first-order chi connectivity index (χ1) is 9.45. The molecule has 0 bridgehead atoms. The van der Waals surface area contributed by atoms with Crippen LogP contribution in [0.25, 0.3) is 0 Å². The number of benzene rings is 1. The second-order valence-corrected chi connectivity index (χ2v) is 6.82. The molecule has 2 rings (SSSR count). The van der Waals surface area contributed by atoms with Crippen molar-refractivity contribution in [1.82, 2.24) is 9.62 Å². The van der Waals surface area contributed by atoms with Gasteiger partial charge in [-0.2, -0.15) is 4.31 Å². The summed E-state index contributed by atoms with van der Waals surface area (Å²) < 4.78 is 26.5. The van der Waals surface area contributed by atoms with E-state index in [-0.39, 0.29) is 23.3 Å². The van der Waals surface area contributed by atoms with Gasteiger partial charge in [0.2, 0.25) is 15.9 Å². The molecule has 0 spiro atoms. The molecule has 1 amide bonds. The quantitative estimate of drug-likeness (QED) is 0.843. The van der Waals surface area contributed by atoms with Gasteiger partial charge in [0.15, 0.2) is 0 Å². The number of nitrogens with two attached hydrogens (primary N) is 1. The van der Waals surface area contributed by atoms with Gasteiger partial charge in [-0.1, -0.05) is 0 Å². The normalized spacial score (nSPS) is 19.8. The fourth-order valence-corrected chi connectivity index (χ4v) is 3.86. The van der Waals surface area contributed by atoms with Gasteiger partial charge in [-0.05, 0) is 44.2 Å². The van der Waals surface area contributed by atoms with E-state index in [9.17, 15) is 13.2 Å². The Kier molecular flexibility index (Phi) is 6.15. The third-order valence-corrected chi connectivity index (χ3v) is 5.45. The van der Waals surface area contributed by atoms with E-state index >= 15 is 0 Å². The minimum Gasteiger partial charge on any atom is -0.366 e. The molecule has 0 radical (unpaired) electrons. The first kappa shape index (κ1) is 17.9. The van der Waals surface area contributed by atoms with E-state index in [1.807, 2.05) is 7.05 Å². The minimum absolute atomic E-state index is 0. The molecule has 118 valence electrons. The molecule has 8 heteroatoms. The number of hydrogen-bond donors (Lipinski definition) is 2. The number of carbonyl (C=O) groups is 1. The van der Waals surface area contributed by atoms with E-state index < -0.39 is 15.9 Å². The molecule has 1 aliphatic heterocycles. The van der Waals surface area contributed by atoms with Gasteiger partial charge < -0.3 is 11.1 Å². The van der Waals surface area contributed by atoms with Gasteiger partial charge in [0.1, 0.15) is 0 Å². The van der Waals surface area contributed by atoms with Crippen LogP contribution in [-0.4, -0.2) is 44.8 Å². The maximum Gasteiger partial charge on any atom is 0.248 e. The van der Waals surface area contributed by atoms with E-state index in [2.05, 4.69) is 5.32 Å². The van der Waals surface area contributed by atoms with Crippen LogP contribution in [0.1, 0.15) is 23.2 Å². The topological polar surface area (TPSA) is 92.5 Å². The average molecular weight is 334 g/mol. The first-order valence-electron chi connectivity index (χ1n) is 6.52. The number of rotatable bonds is 4. The van der Waals surface area contributed by atoms with E-state index in [1.54, 1.807) is 0 Å². The molecule has 0 aliphatic carbocycles. The van der Waals surface area contributed by atoms with Crippen LogP contribution in [0, 0.1) is 0 Å². The number of primary amides is 1. The van der Waals surface area contributed by atoms with Crippen molar-refractivity contribution in [1.29, 1.82) is 0 Å². The van der Waals surface area contributed by atoms with Crippen LogP contribution in [-0.2, 0) is 10.0 Å². The molecule has 1 saturated heterocycles. The monoisotopic (exact) mass is 333 g/mol. The lowest BCUT2D eigenvalue weighted by Crippen LogP contribution is -2.46. The molecule has 0 saturated carbocycles. The Labute approximate surface area is 131 Å². The fraction of sp³-hybridized carbons (Fsp3) is 0.462. The predicted molar refractivity (Wildman–Crippen MR) is 83.0 cm³/mol. The van der Waals surface area contributed by atoms with Gasteiger partial charge in [-0.15, -0.1) is 12.4 Å². The van der Waals surface area contributed by atoms with Crippen molar-refractivity contribution in [2.75, 3.05) is 20.1 Å². The van der Waals surface area contributed by atoms with Crippen molar-refractivity contribution >= 4 is 28.3 Å². The smallest absolute Gasteiger partial charge is 0.248 e. The summed E-state index contributed by atoms with van der Waals surface area (Å²) in [6.07, 6.45) is 1.81. The SMILES string of the molecule is CNC1CCCN(S(=O)(=O)c2ccc(C(N)=O)cc2)C1.Cl. The molecule has 0 aromatic heterocycles. The van der Waals surface area contributed by atoms with Crippen LogP contribution in [0.15, 0.2) is 29.2 Å². The number of carbonyl (C=O) groups excluding carboxylic acids is 1. The van der Waals surface area contributed by atoms with Crippen LogP contribution in [0.2, 0.25) is 0 Å². The Balaban J connectivity index is 0.00000220. The lowest BCUT2D eigenvalue weighted by molar-refractivity contribution is 0.1000. The highest BCUT2D eigenvalue weighted by atomic mass is 35.5. The second kappa shape index (κ2) is 7.22. The number of hydrogen-bond acceptors (Lipinski definition) is 4. The highest BCUT2D eigenvalue weighted by Crippen LogP contribution is 2.21. The van der Waals surface area contributed by atoms with Crippen molar-refractivity contribution < 1.29 is 13.2 Å². The summed E-state index contributed by atoms with van der Waals surface area (Å²) in [7, 11) is -1.67. The predicted octanol–water partition coefficient (Wildman–Crippen LogP) is 0.580. The Morgan fingerprint density at radius 1 is 1.33 bits per heavy atom. The molecule has 1 aromatic rings. The molecule has 6 nitrogen and oxygen atoms in total. The van der Waals surface area contributed by atoms with E-state index in [0.29, 0.717) is 18.7 Å². The van der Waals surface area contributed by atoms with Crippen LogP contribution in [0.5, 0.6) is 0 Å². The molecule has 1 aliphatic rings. The molecular weight excluding hydrogens is 314 g/mol. The number of sulfonamides is 1. The van der Waals surface area contributed by atoms with Crippen LogP contribution in [0.4, 0.5) is 0 Å². The van der Waals surface area contributed by atoms with Crippen molar-refractivity contribution in [3.05, 3.63) is 29.8 Å². The molecule has 1 atom stereocenters. The van der Waals surface area contributed by atoms with Gasteiger partial charge in [0.25, 0.3) is 0 Å². The van der Waals surface area contributed by atoms with Gasteiger partial charge in [-0.25, -0.2) is 8.42 Å². The van der Waals surface area contributed by atoms with Gasteiger partial charge in [-0.3, -0.25) is 4.79 Å². The van der Waals surface area contributed by atoms with Gasteiger partial charge in [0.05, 0.1) is 4.90 Å². The van der Waals surface area contributed by atoms with Crippen LogP contribution < -0.4 is 11.1 Å². The molecule has 21 heavy (non-hydrogen) atoms. The van der Waals surface area contributed by atoms with Gasteiger partial charge >= 0.3 is 0 Å². The number of piperidine rings is 1. The van der Waals surface area contributed by atoms with Crippen molar-refractivity contribution in [3.8, 4) is 0 Å². The lowest BCUT2D eigenvalue weighted by Gasteiger charge is -2.31. The largest absolute Gasteiger partial charge is 0.366 e. The Hall–Kier alpha value is -1.15. The molecule has 1 unspecified atom stereocenters. The summed E-state index contributed by atoms with van der Waals surface area (Å²) in [5.41, 5.74) is 5.45. The Morgan fingerprint density at radius 2 is 1.95 bits per heavy atom.